The second kappa shape index (κ2) is 6.46. The van der Waals surface area contributed by atoms with Crippen LogP contribution in [0.15, 0.2) is 59.6 Å². The highest BCUT2D eigenvalue weighted by Crippen LogP contribution is 2.35. The SMILES string of the molecule is O=S1(=O)C[C@@H]2[C@@H](C1)N=C(SCc1cccc(F)c1)N2c1ccccc1. The van der Waals surface area contributed by atoms with Gasteiger partial charge in [-0.15, -0.1) is 0 Å². The number of anilines is 1. The van der Waals surface area contributed by atoms with E-state index >= 15 is 0 Å². The number of hydrogen-bond acceptors (Lipinski definition) is 5. The normalized spacial score (nSPS) is 24.2. The minimum Gasteiger partial charge on any atom is -0.315 e. The van der Waals surface area contributed by atoms with Gasteiger partial charge in [-0.3, -0.25) is 4.99 Å². The lowest BCUT2D eigenvalue weighted by atomic mass is 10.1. The van der Waals surface area contributed by atoms with Gasteiger partial charge in [0.1, 0.15) is 5.82 Å². The molecule has 0 unspecified atom stereocenters. The van der Waals surface area contributed by atoms with Crippen LogP contribution in [0.25, 0.3) is 0 Å². The summed E-state index contributed by atoms with van der Waals surface area (Å²) in [6.45, 7) is 0. The topological polar surface area (TPSA) is 49.7 Å². The molecule has 2 heterocycles. The largest absolute Gasteiger partial charge is 0.315 e. The number of fused-ring (bicyclic) bond motifs is 1. The number of sulfone groups is 1. The Morgan fingerprint density at radius 2 is 1.92 bits per heavy atom. The number of para-hydroxylation sites is 1. The zero-order chi connectivity index (χ0) is 17.4. The number of nitrogens with zero attached hydrogens (tertiary/aromatic N) is 2. The van der Waals surface area contributed by atoms with Crippen LogP contribution >= 0.6 is 11.8 Å². The van der Waals surface area contributed by atoms with Crippen LogP contribution in [0.3, 0.4) is 0 Å². The van der Waals surface area contributed by atoms with Gasteiger partial charge in [-0.1, -0.05) is 42.1 Å². The van der Waals surface area contributed by atoms with Crippen molar-refractivity contribution in [3.8, 4) is 0 Å². The molecule has 0 amide bonds. The van der Waals surface area contributed by atoms with Crippen LogP contribution in [0, 0.1) is 5.82 Å². The molecule has 0 aliphatic carbocycles. The minimum absolute atomic E-state index is 0.102. The Bertz CT molecular complexity index is 916. The number of thioether (sulfide) groups is 1. The van der Waals surface area contributed by atoms with Crippen molar-refractivity contribution in [1.82, 2.24) is 0 Å². The molecule has 0 spiro atoms. The van der Waals surface area contributed by atoms with Gasteiger partial charge in [0.2, 0.25) is 0 Å². The molecule has 25 heavy (non-hydrogen) atoms. The van der Waals surface area contributed by atoms with Gasteiger partial charge < -0.3 is 4.90 Å². The van der Waals surface area contributed by atoms with Crippen molar-refractivity contribution >= 4 is 32.5 Å². The van der Waals surface area contributed by atoms with Crippen LogP contribution in [0.5, 0.6) is 0 Å². The van der Waals surface area contributed by atoms with E-state index in [9.17, 15) is 12.8 Å². The maximum Gasteiger partial charge on any atom is 0.164 e. The van der Waals surface area contributed by atoms with Crippen LogP contribution in [0.1, 0.15) is 5.56 Å². The third-order valence-electron chi connectivity index (χ3n) is 4.40. The molecule has 2 aromatic rings. The van der Waals surface area contributed by atoms with Gasteiger partial charge in [0.25, 0.3) is 0 Å². The molecule has 0 radical (unpaired) electrons. The van der Waals surface area contributed by atoms with Gasteiger partial charge in [-0.25, -0.2) is 12.8 Å². The quantitative estimate of drug-likeness (QED) is 0.826. The van der Waals surface area contributed by atoms with E-state index in [0.29, 0.717) is 5.75 Å². The van der Waals surface area contributed by atoms with Gasteiger partial charge >= 0.3 is 0 Å². The Hall–Kier alpha value is -1.86. The molecule has 1 saturated heterocycles. The highest BCUT2D eigenvalue weighted by atomic mass is 32.2. The van der Waals surface area contributed by atoms with Gasteiger partial charge in [0.05, 0.1) is 23.6 Å². The summed E-state index contributed by atoms with van der Waals surface area (Å²) in [5.74, 6) is 0.561. The molecule has 2 aliphatic heterocycles. The maximum atomic E-state index is 13.4. The smallest absolute Gasteiger partial charge is 0.164 e. The van der Waals surface area contributed by atoms with Crippen molar-refractivity contribution in [3.05, 3.63) is 66.0 Å². The van der Waals surface area contributed by atoms with E-state index in [1.54, 1.807) is 6.07 Å². The Labute approximate surface area is 150 Å². The number of amidine groups is 1. The van der Waals surface area contributed by atoms with Gasteiger partial charge in [-0.05, 0) is 29.8 Å². The van der Waals surface area contributed by atoms with Crippen molar-refractivity contribution in [1.29, 1.82) is 0 Å². The molecule has 2 atom stereocenters. The molecule has 2 aromatic carbocycles. The number of hydrogen-bond donors (Lipinski definition) is 0. The third-order valence-corrected chi connectivity index (χ3v) is 7.14. The molecule has 0 aromatic heterocycles. The van der Waals surface area contributed by atoms with Crippen molar-refractivity contribution in [2.75, 3.05) is 16.4 Å². The van der Waals surface area contributed by atoms with Crippen molar-refractivity contribution < 1.29 is 12.8 Å². The fourth-order valence-electron chi connectivity index (χ4n) is 3.30. The molecule has 0 bridgehead atoms. The Kier molecular flexibility index (Phi) is 4.29. The number of rotatable bonds is 3. The summed E-state index contributed by atoms with van der Waals surface area (Å²) >= 11 is 1.52. The zero-order valence-electron chi connectivity index (χ0n) is 13.4. The van der Waals surface area contributed by atoms with Gasteiger partial charge in [-0.2, -0.15) is 0 Å². The van der Waals surface area contributed by atoms with Crippen molar-refractivity contribution in [2.24, 2.45) is 4.99 Å². The molecule has 0 N–H and O–H groups in total. The van der Waals surface area contributed by atoms with Gasteiger partial charge in [0.15, 0.2) is 15.0 Å². The maximum absolute atomic E-state index is 13.4. The number of halogens is 1. The van der Waals surface area contributed by atoms with Crippen molar-refractivity contribution in [2.45, 2.75) is 17.8 Å². The standard InChI is InChI=1S/C18H17FN2O2S2/c19-14-6-4-5-13(9-14)10-24-18-20-16-11-25(22,23)12-17(16)21(18)15-7-2-1-3-8-15/h1-9,16-17H,10-12H2/t16-,17-/m1/s1. The molecule has 4 rings (SSSR count). The summed E-state index contributed by atoms with van der Waals surface area (Å²) in [4.78, 5) is 6.70. The third kappa shape index (κ3) is 3.43. The predicted octanol–water partition coefficient (Wildman–Crippen LogP) is 3.10. The van der Waals surface area contributed by atoms with Crippen LogP contribution in [-0.2, 0) is 15.6 Å². The number of benzene rings is 2. The number of aliphatic imine (C=N–C) groups is 1. The summed E-state index contributed by atoms with van der Waals surface area (Å²) in [6.07, 6.45) is 0. The van der Waals surface area contributed by atoms with Crippen LogP contribution in [0.4, 0.5) is 10.1 Å². The Morgan fingerprint density at radius 3 is 2.68 bits per heavy atom. The zero-order valence-corrected chi connectivity index (χ0v) is 15.0. The first kappa shape index (κ1) is 16.6. The lowest BCUT2D eigenvalue weighted by Crippen LogP contribution is -2.39. The van der Waals surface area contributed by atoms with E-state index in [4.69, 9.17) is 0 Å². The molecule has 1 fully saturated rings. The van der Waals surface area contributed by atoms with E-state index in [1.807, 2.05) is 41.3 Å². The minimum atomic E-state index is -3.05. The first-order valence-corrected chi connectivity index (χ1v) is 10.8. The lowest BCUT2D eigenvalue weighted by molar-refractivity contribution is 0.601. The molecule has 130 valence electrons. The summed E-state index contributed by atoms with van der Waals surface area (Å²) in [5, 5.41) is 0.806. The van der Waals surface area contributed by atoms with Crippen LogP contribution in [-0.4, -0.2) is 37.2 Å². The summed E-state index contributed by atoms with van der Waals surface area (Å²) < 4.78 is 37.4. The average molecular weight is 376 g/mol. The van der Waals surface area contributed by atoms with E-state index in [2.05, 4.69) is 4.99 Å². The van der Waals surface area contributed by atoms with E-state index in [-0.39, 0.29) is 29.4 Å². The molecule has 7 heteroatoms. The predicted molar refractivity (Wildman–Crippen MR) is 100 cm³/mol. The second-order valence-electron chi connectivity index (χ2n) is 6.25. The average Bonchev–Trinajstić information content (AvgIpc) is 3.05. The van der Waals surface area contributed by atoms with E-state index in [0.717, 1.165) is 16.4 Å². The molecule has 2 aliphatic rings. The summed E-state index contributed by atoms with van der Waals surface area (Å²) in [5.41, 5.74) is 1.82. The molecular weight excluding hydrogens is 359 g/mol. The second-order valence-corrected chi connectivity index (χ2v) is 9.34. The fourth-order valence-corrected chi connectivity index (χ4v) is 6.21. The summed E-state index contributed by atoms with van der Waals surface area (Å²) in [6, 6.07) is 15.9. The van der Waals surface area contributed by atoms with E-state index in [1.165, 1.54) is 23.9 Å². The highest BCUT2D eigenvalue weighted by molar-refractivity contribution is 8.13. The first-order chi connectivity index (χ1) is 12.0. The molecular formula is C18H17FN2O2S2. The highest BCUT2D eigenvalue weighted by Gasteiger charge is 2.47. The van der Waals surface area contributed by atoms with E-state index < -0.39 is 9.84 Å². The lowest BCUT2D eigenvalue weighted by Gasteiger charge is -2.26. The monoisotopic (exact) mass is 376 g/mol. The van der Waals surface area contributed by atoms with Gasteiger partial charge in [0, 0.05) is 11.4 Å². The Morgan fingerprint density at radius 1 is 1.12 bits per heavy atom. The van der Waals surface area contributed by atoms with Crippen LogP contribution < -0.4 is 4.90 Å². The Balaban J connectivity index is 1.60. The first-order valence-electron chi connectivity index (χ1n) is 8.02. The molecule has 4 nitrogen and oxygen atoms in total. The fraction of sp³-hybridized carbons (Fsp3) is 0.278. The summed E-state index contributed by atoms with van der Waals surface area (Å²) in [7, 11) is -3.05. The molecule has 0 saturated carbocycles. The van der Waals surface area contributed by atoms with Crippen LogP contribution in [0.2, 0.25) is 0 Å². The van der Waals surface area contributed by atoms with Crippen molar-refractivity contribution in [3.63, 3.8) is 0 Å².